The Morgan fingerprint density at radius 3 is 2.54 bits per heavy atom. The summed E-state index contributed by atoms with van der Waals surface area (Å²) in [6.45, 7) is 4.44. The number of fused-ring (bicyclic) bond motifs is 1. The largest absolute Gasteiger partial charge is 0.378 e. The van der Waals surface area contributed by atoms with Crippen LogP contribution in [0.15, 0.2) is 47.7 Å². The quantitative estimate of drug-likeness (QED) is 0.331. The molecule has 0 spiro atoms. The molecule has 11 heteroatoms. The van der Waals surface area contributed by atoms with Crippen LogP contribution in [0.1, 0.15) is 11.3 Å². The van der Waals surface area contributed by atoms with Crippen LogP contribution in [0.25, 0.3) is 11.4 Å². The lowest BCUT2D eigenvalue weighted by Gasteiger charge is -2.34. The van der Waals surface area contributed by atoms with Gasteiger partial charge < -0.3 is 25.2 Å². The van der Waals surface area contributed by atoms with Crippen LogP contribution in [0, 0.1) is 11.5 Å². The van der Waals surface area contributed by atoms with Gasteiger partial charge >= 0.3 is 0 Å². The summed E-state index contributed by atoms with van der Waals surface area (Å²) in [6, 6.07) is 9.59. The van der Waals surface area contributed by atoms with Crippen LogP contribution in [0.4, 0.5) is 17.5 Å². The lowest BCUT2D eigenvalue weighted by Crippen LogP contribution is -2.39. The molecule has 2 N–H and O–H groups in total. The number of guanidine groups is 1. The van der Waals surface area contributed by atoms with Gasteiger partial charge in [-0.15, -0.1) is 4.99 Å². The Labute approximate surface area is 203 Å². The minimum Gasteiger partial charge on any atom is -0.378 e. The summed E-state index contributed by atoms with van der Waals surface area (Å²) in [6.07, 6.45) is 6.13. The first kappa shape index (κ1) is 22.5. The van der Waals surface area contributed by atoms with Crippen molar-refractivity contribution < 1.29 is 4.74 Å². The number of ether oxygens (including phenoxy) is 1. The minimum absolute atomic E-state index is 0.378. The molecule has 2 aliphatic heterocycles. The molecule has 2 aliphatic rings. The molecule has 0 aliphatic carbocycles. The molecule has 35 heavy (non-hydrogen) atoms. The van der Waals surface area contributed by atoms with Crippen LogP contribution < -0.4 is 20.4 Å². The van der Waals surface area contributed by atoms with Crippen molar-refractivity contribution in [2.45, 2.75) is 13.0 Å². The van der Waals surface area contributed by atoms with E-state index in [1.54, 1.807) is 25.6 Å². The molecular weight excluding hydrogens is 444 g/mol. The van der Waals surface area contributed by atoms with Gasteiger partial charge in [-0.25, -0.2) is 19.9 Å². The van der Waals surface area contributed by atoms with Gasteiger partial charge in [0, 0.05) is 55.9 Å². The number of hydrogen-bond acceptors (Lipinski definition) is 9. The highest BCUT2D eigenvalue weighted by molar-refractivity contribution is 5.94. The molecule has 0 saturated carbocycles. The van der Waals surface area contributed by atoms with Gasteiger partial charge in [0.25, 0.3) is 0 Å². The fraction of sp³-hybridized carbons (Fsp3) is 0.333. The maximum absolute atomic E-state index is 8.80. The zero-order valence-electron chi connectivity index (χ0n) is 19.5. The maximum atomic E-state index is 8.80. The minimum atomic E-state index is 0.378. The van der Waals surface area contributed by atoms with Gasteiger partial charge in [0.05, 0.1) is 25.5 Å². The van der Waals surface area contributed by atoms with E-state index in [2.05, 4.69) is 35.4 Å². The Hall–Kier alpha value is -4.30. The molecule has 0 amide bonds. The summed E-state index contributed by atoms with van der Waals surface area (Å²) in [5.41, 5.74) is 3.89. The molecule has 11 nitrogen and oxygen atoms in total. The average Bonchev–Trinajstić information content (AvgIpc) is 2.93. The van der Waals surface area contributed by atoms with Crippen LogP contribution in [-0.4, -0.2) is 65.8 Å². The first-order valence-corrected chi connectivity index (χ1v) is 11.5. The molecule has 1 fully saturated rings. The molecule has 0 bridgehead atoms. The number of hydrogen-bond donors (Lipinski definition) is 2. The Kier molecular flexibility index (Phi) is 6.63. The normalized spacial score (nSPS) is 15.8. The van der Waals surface area contributed by atoms with Crippen molar-refractivity contribution in [2.75, 3.05) is 55.0 Å². The molecule has 1 aromatic carbocycles. The molecule has 1 saturated heterocycles. The first-order chi connectivity index (χ1) is 17.2. The van der Waals surface area contributed by atoms with E-state index in [0.717, 1.165) is 48.8 Å². The van der Waals surface area contributed by atoms with E-state index >= 15 is 0 Å². The summed E-state index contributed by atoms with van der Waals surface area (Å²) >= 11 is 0. The maximum Gasteiger partial charge on any atom is 0.225 e. The zero-order chi connectivity index (χ0) is 24.0. The number of nitrogens with zero attached hydrogens (tertiary/aromatic N) is 8. The highest BCUT2D eigenvalue weighted by atomic mass is 16.5. The van der Waals surface area contributed by atoms with Gasteiger partial charge in [-0.2, -0.15) is 5.26 Å². The van der Waals surface area contributed by atoms with Gasteiger partial charge in [-0.05, 0) is 36.8 Å². The van der Waals surface area contributed by atoms with Crippen LogP contribution in [0.5, 0.6) is 0 Å². The fourth-order valence-electron chi connectivity index (χ4n) is 4.24. The molecule has 0 unspecified atom stereocenters. The molecule has 5 rings (SSSR count). The zero-order valence-corrected chi connectivity index (χ0v) is 19.5. The van der Waals surface area contributed by atoms with E-state index < -0.39 is 0 Å². The van der Waals surface area contributed by atoms with Crippen LogP contribution >= 0.6 is 0 Å². The standard InChI is InChI=1S/C24H26N10O/c1-26-23(29-16-25)30-18-5-3-17(4-6-18)21-31-20-15-34(24-27-8-2-9-28-24)10-7-19(20)22(32-21)33-11-13-35-14-12-33/h2-6,8-9H,7,10-15H2,1H3,(H2,26,29,30). The number of rotatable bonds is 4. The van der Waals surface area contributed by atoms with Crippen molar-refractivity contribution >= 4 is 23.4 Å². The van der Waals surface area contributed by atoms with Gasteiger partial charge in [0.15, 0.2) is 5.82 Å². The lowest BCUT2D eigenvalue weighted by atomic mass is 10.0. The Morgan fingerprint density at radius 2 is 1.83 bits per heavy atom. The number of nitrogens with one attached hydrogen (secondary N) is 2. The predicted octanol–water partition coefficient (Wildman–Crippen LogP) is 1.80. The molecular formula is C24H26N10O. The van der Waals surface area contributed by atoms with Crippen molar-refractivity contribution in [3.05, 3.63) is 54.0 Å². The van der Waals surface area contributed by atoms with Crippen molar-refractivity contribution in [3.8, 4) is 17.6 Å². The van der Waals surface area contributed by atoms with E-state index in [4.69, 9.17) is 20.0 Å². The molecule has 4 heterocycles. The number of aromatic nitrogens is 4. The van der Waals surface area contributed by atoms with Gasteiger partial charge in [0.2, 0.25) is 18.1 Å². The van der Waals surface area contributed by atoms with E-state index in [1.165, 1.54) is 5.56 Å². The number of benzene rings is 1. The average molecular weight is 471 g/mol. The smallest absolute Gasteiger partial charge is 0.225 e. The van der Waals surface area contributed by atoms with Crippen LogP contribution in [0.3, 0.4) is 0 Å². The van der Waals surface area contributed by atoms with Crippen molar-refractivity contribution in [1.29, 1.82) is 5.26 Å². The third kappa shape index (κ3) is 4.97. The monoisotopic (exact) mass is 470 g/mol. The Balaban J connectivity index is 1.48. The lowest BCUT2D eigenvalue weighted by molar-refractivity contribution is 0.122. The van der Waals surface area contributed by atoms with Crippen LogP contribution in [-0.2, 0) is 17.7 Å². The number of morpholine rings is 1. The summed E-state index contributed by atoms with van der Waals surface area (Å²) in [7, 11) is 1.70. The highest BCUT2D eigenvalue weighted by Gasteiger charge is 2.27. The van der Waals surface area contributed by atoms with Gasteiger partial charge in [-0.1, -0.05) is 0 Å². The summed E-state index contributed by atoms with van der Waals surface area (Å²) in [5.74, 6) is 2.75. The SMILES string of the molecule is CN/C(=N/C#N)Nc1ccc(-c2nc3c(c(N4CCOCC4)n2)CCN(c2ncccn2)C3)cc1. The first-order valence-electron chi connectivity index (χ1n) is 11.5. The number of nitriles is 1. The van der Waals surface area contributed by atoms with Crippen LogP contribution in [0.2, 0.25) is 0 Å². The number of anilines is 3. The molecule has 3 aromatic rings. The van der Waals surface area contributed by atoms with Gasteiger partial charge in [0.1, 0.15) is 5.82 Å². The molecule has 2 aromatic heterocycles. The second-order valence-electron chi connectivity index (χ2n) is 8.13. The summed E-state index contributed by atoms with van der Waals surface area (Å²) < 4.78 is 5.57. The van der Waals surface area contributed by atoms with Crippen molar-refractivity contribution in [2.24, 2.45) is 4.99 Å². The molecule has 0 atom stereocenters. The van der Waals surface area contributed by atoms with E-state index in [0.29, 0.717) is 37.5 Å². The predicted molar refractivity (Wildman–Crippen MR) is 133 cm³/mol. The van der Waals surface area contributed by atoms with Gasteiger partial charge in [-0.3, -0.25) is 0 Å². The van der Waals surface area contributed by atoms with Crippen molar-refractivity contribution in [3.63, 3.8) is 0 Å². The Morgan fingerprint density at radius 1 is 1.06 bits per heavy atom. The molecule has 178 valence electrons. The third-order valence-corrected chi connectivity index (χ3v) is 5.99. The van der Waals surface area contributed by atoms with E-state index in [-0.39, 0.29) is 0 Å². The highest BCUT2D eigenvalue weighted by Crippen LogP contribution is 2.31. The van der Waals surface area contributed by atoms with E-state index in [9.17, 15) is 0 Å². The summed E-state index contributed by atoms with van der Waals surface area (Å²) in [4.78, 5) is 27.0. The van der Waals surface area contributed by atoms with Crippen molar-refractivity contribution in [1.82, 2.24) is 25.3 Å². The second kappa shape index (κ2) is 10.3. The topological polar surface area (TPSA) is 127 Å². The molecule has 0 radical (unpaired) electrons. The second-order valence-corrected chi connectivity index (χ2v) is 8.13. The van der Waals surface area contributed by atoms with E-state index in [1.807, 2.05) is 30.3 Å². The number of aliphatic imine (C=N–C) groups is 1. The Bertz CT molecular complexity index is 1230. The summed E-state index contributed by atoms with van der Waals surface area (Å²) in [5, 5.41) is 14.7. The fourth-order valence-corrected chi connectivity index (χ4v) is 4.24. The third-order valence-electron chi connectivity index (χ3n) is 5.99.